The molecule has 2 unspecified atom stereocenters. The van der Waals surface area contributed by atoms with Crippen LogP contribution in [0.1, 0.15) is 60.2 Å². The summed E-state index contributed by atoms with van der Waals surface area (Å²) in [5, 5.41) is 9.94. The average Bonchev–Trinajstić information content (AvgIpc) is 3.89. The van der Waals surface area contributed by atoms with Gasteiger partial charge in [-0.1, -0.05) is 17.7 Å². The summed E-state index contributed by atoms with van der Waals surface area (Å²) in [5.74, 6) is -3.73. The third kappa shape index (κ3) is 9.05. The van der Waals surface area contributed by atoms with E-state index in [4.69, 9.17) is 16.6 Å². The number of carbonyl (C=O) groups excluding carboxylic acids is 1. The fourth-order valence-corrected chi connectivity index (χ4v) is 8.46. The Labute approximate surface area is 358 Å². The molecule has 7 aromatic rings. The quantitative estimate of drug-likeness (QED) is 0.0765. The lowest BCUT2D eigenvalue weighted by Gasteiger charge is -2.24. The van der Waals surface area contributed by atoms with Gasteiger partial charge in [0.25, 0.3) is 24.8 Å². The van der Waals surface area contributed by atoms with Crippen molar-refractivity contribution in [3.8, 4) is 16.9 Å². The third-order valence-electron chi connectivity index (χ3n) is 10.0. The van der Waals surface area contributed by atoms with Gasteiger partial charge in [-0.05, 0) is 55.0 Å². The molecule has 0 saturated heterocycles. The minimum absolute atomic E-state index is 0.0133. The van der Waals surface area contributed by atoms with Crippen LogP contribution in [0.4, 0.5) is 40.9 Å². The molecule has 0 spiro atoms. The molecule has 23 heteroatoms. The Morgan fingerprint density at radius 3 is 2.33 bits per heavy atom. The molecule has 4 aromatic heterocycles. The summed E-state index contributed by atoms with van der Waals surface area (Å²) in [7, 11) is 0. The molecule has 1 amide bonds. The van der Waals surface area contributed by atoms with E-state index in [1.54, 1.807) is 13.0 Å². The van der Waals surface area contributed by atoms with Crippen LogP contribution in [0, 0.1) is 18.6 Å². The minimum Gasteiger partial charge on any atom is -0.593 e. The number of rotatable bonds is 15. The number of aryl methyl sites for hydroxylation is 1. The zero-order chi connectivity index (χ0) is 44.9. The van der Waals surface area contributed by atoms with Crippen LogP contribution in [-0.2, 0) is 35.7 Å². The van der Waals surface area contributed by atoms with Crippen molar-refractivity contribution in [2.24, 2.45) is 0 Å². The van der Waals surface area contributed by atoms with E-state index in [-0.39, 0.29) is 55.0 Å². The van der Waals surface area contributed by atoms with E-state index in [0.717, 1.165) is 21.4 Å². The normalized spacial score (nSPS) is 14.1. The lowest BCUT2D eigenvalue weighted by atomic mass is 10.0. The molecule has 4 heterocycles. The highest BCUT2D eigenvalue weighted by Crippen LogP contribution is 2.38. The molecule has 0 radical (unpaired) electrons. The van der Waals surface area contributed by atoms with Gasteiger partial charge < -0.3 is 9.87 Å². The molecule has 13 nitrogen and oxygen atoms in total. The van der Waals surface area contributed by atoms with Crippen molar-refractivity contribution in [3.63, 3.8) is 0 Å². The van der Waals surface area contributed by atoms with Crippen molar-refractivity contribution >= 4 is 56.5 Å². The van der Waals surface area contributed by atoms with Gasteiger partial charge in [0.15, 0.2) is 0 Å². The van der Waals surface area contributed by atoms with Crippen molar-refractivity contribution in [3.05, 3.63) is 122 Å². The van der Waals surface area contributed by atoms with Crippen LogP contribution in [0.25, 0.3) is 38.8 Å². The Bertz CT molecular complexity index is 2930. The van der Waals surface area contributed by atoms with Crippen LogP contribution in [0.15, 0.2) is 71.8 Å². The van der Waals surface area contributed by atoms with E-state index in [9.17, 15) is 44.5 Å². The molecule has 63 heavy (non-hydrogen) atoms. The fourth-order valence-electron chi connectivity index (χ4n) is 7.15. The maximum Gasteiger partial charge on any atom is 0.282 e. The van der Waals surface area contributed by atoms with E-state index in [1.807, 2.05) is 0 Å². The van der Waals surface area contributed by atoms with Crippen LogP contribution in [-0.4, -0.2) is 61.2 Å². The number of alkyl halides is 6. The Morgan fingerprint density at radius 2 is 1.67 bits per heavy atom. The van der Waals surface area contributed by atoms with Gasteiger partial charge >= 0.3 is 0 Å². The van der Waals surface area contributed by atoms with Gasteiger partial charge in [0.05, 0.1) is 61.3 Å². The topological polar surface area (TPSA) is 160 Å². The highest BCUT2D eigenvalue weighted by Gasteiger charge is 2.37. The van der Waals surface area contributed by atoms with Gasteiger partial charge in [0.1, 0.15) is 47.2 Å². The van der Waals surface area contributed by atoms with Crippen molar-refractivity contribution in [2.75, 3.05) is 4.72 Å². The number of hydrogen-bond donors (Lipinski definition) is 2. The highest BCUT2D eigenvalue weighted by molar-refractivity contribution is 7.93. The number of halogens is 9. The second-order valence-electron chi connectivity index (χ2n) is 14.5. The molecule has 1 aliphatic rings. The van der Waals surface area contributed by atoms with Crippen LogP contribution in [0.5, 0.6) is 0 Å². The molecular weight excluding hydrogens is 888 g/mol. The van der Waals surface area contributed by atoms with Gasteiger partial charge in [-0.25, -0.2) is 40.1 Å². The zero-order valence-corrected chi connectivity index (χ0v) is 34.0. The van der Waals surface area contributed by atoms with Crippen molar-refractivity contribution in [1.29, 1.82) is 0 Å². The molecule has 1 saturated carbocycles. The first kappa shape index (κ1) is 43.5. The maximum atomic E-state index is 15.1. The third-order valence-corrected chi connectivity index (χ3v) is 11.8. The van der Waals surface area contributed by atoms with Gasteiger partial charge in [-0.3, -0.25) is 33.5 Å². The number of carbonyl (C=O) groups is 1. The Balaban J connectivity index is 1.38. The Hall–Kier alpha value is -6.13. The molecule has 8 rings (SSSR count). The number of hydrogen-bond acceptors (Lipinski definition) is 9. The van der Waals surface area contributed by atoms with Gasteiger partial charge in [0.2, 0.25) is 11.7 Å². The lowest BCUT2D eigenvalue weighted by molar-refractivity contribution is -0.122. The molecule has 2 atom stereocenters. The minimum atomic E-state index is -3.34. The summed E-state index contributed by atoms with van der Waals surface area (Å²) in [6.07, 6.45) is -6.01. The molecule has 0 aliphatic heterocycles. The molecule has 328 valence electrons. The zero-order valence-electron chi connectivity index (χ0n) is 32.4. The van der Waals surface area contributed by atoms with Crippen LogP contribution >= 0.6 is 11.6 Å². The summed E-state index contributed by atoms with van der Waals surface area (Å²) in [6.45, 7) is -0.435. The molecular formula is C40H31ClF8N10O3S. The number of fused-ring (bicyclic) bond motifs is 2. The predicted molar refractivity (Wildman–Crippen MR) is 215 cm³/mol. The van der Waals surface area contributed by atoms with Gasteiger partial charge in [-0.2, -0.15) is 9.82 Å². The summed E-state index contributed by atoms with van der Waals surface area (Å²) >= 11 is 4.98. The van der Waals surface area contributed by atoms with Gasteiger partial charge in [0, 0.05) is 43.3 Å². The van der Waals surface area contributed by atoms with E-state index in [2.05, 4.69) is 30.2 Å². The number of benzene rings is 3. The van der Waals surface area contributed by atoms with E-state index < -0.39 is 90.7 Å². The van der Waals surface area contributed by atoms with E-state index in [1.165, 1.54) is 36.7 Å². The number of nitrogens with zero attached hydrogens (tertiary/aromatic N) is 8. The number of nitrogens with one attached hydrogen (secondary N) is 2. The second-order valence-corrected chi connectivity index (χ2v) is 16.4. The SMILES string of the molecule is Cc1nccnc1-c1ccc2c(=O)n(-c3ccc(Cl)c4c(N[S+]([O-])C5CC5)nn(CC(F)F)c34)c(C(Cc3cc(F)cc(F)c3)NC(=O)Cn3nc(C(F)F)cc3C(F)F)nc2c1. The van der Waals surface area contributed by atoms with Crippen molar-refractivity contribution in [2.45, 2.75) is 69.8 Å². The fraction of sp³-hybridized carbons (Fsp3) is 0.275. The maximum absolute atomic E-state index is 15.1. The smallest absolute Gasteiger partial charge is 0.282 e. The Morgan fingerprint density at radius 1 is 0.937 bits per heavy atom. The van der Waals surface area contributed by atoms with Crippen molar-refractivity contribution in [1.82, 2.24) is 44.4 Å². The van der Waals surface area contributed by atoms with Crippen LogP contribution in [0.3, 0.4) is 0 Å². The van der Waals surface area contributed by atoms with Crippen LogP contribution in [0.2, 0.25) is 5.02 Å². The number of amides is 1. The summed E-state index contributed by atoms with van der Waals surface area (Å²) in [4.78, 5) is 42.4. The molecule has 2 N–H and O–H groups in total. The Kier molecular flexibility index (Phi) is 12.1. The molecule has 1 fully saturated rings. The summed E-state index contributed by atoms with van der Waals surface area (Å²) in [6, 6.07) is 8.31. The average molecular weight is 919 g/mol. The predicted octanol–water partition coefficient (Wildman–Crippen LogP) is 8.11. The van der Waals surface area contributed by atoms with E-state index >= 15 is 4.79 Å². The molecule has 1 aliphatic carbocycles. The molecule has 0 bridgehead atoms. The lowest BCUT2D eigenvalue weighted by Crippen LogP contribution is -2.37. The standard InChI is InChI=1S/C40H31ClF8N10O3S/c1-18-34(51-9-8-50-18)20-2-5-24-26(13-20)53-39(28(12-19-10-21(42)14-22(43)11-19)52-32(60)17-57-30(37(48)49)15-27(54-57)36(46)47)59(40(24)61)29-7-6-25(41)33-35(29)58(16-31(44)45)55-38(33)56-63(62)23-3-4-23/h2,5-11,13-15,23,28,31,36-37H,3-4,12,16-17H2,1H3,(H,52,60)(H,55,56). The number of anilines is 1. The highest BCUT2D eigenvalue weighted by atomic mass is 35.5. The summed E-state index contributed by atoms with van der Waals surface area (Å²) < 4.78 is 131. The van der Waals surface area contributed by atoms with Crippen molar-refractivity contribution < 1.29 is 44.5 Å². The van der Waals surface area contributed by atoms with E-state index in [0.29, 0.717) is 46.6 Å². The first-order valence-electron chi connectivity index (χ1n) is 18.9. The van der Waals surface area contributed by atoms with Gasteiger partial charge in [-0.15, -0.1) is 5.10 Å². The van der Waals surface area contributed by atoms with Crippen LogP contribution < -0.4 is 15.6 Å². The largest absolute Gasteiger partial charge is 0.593 e. The monoisotopic (exact) mass is 918 g/mol. The summed E-state index contributed by atoms with van der Waals surface area (Å²) in [5.41, 5.74) is -2.04. The second kappa shape index (κ2) is 17.6. The first-order chi connectivity index (χ1) is 30.1. The molecule has 3 aromatic carbocycles. The first-order valence-corrected chi connectivity index (χ1v) is 20.5. The number of aromatic nitrogens is 8.